The van der Waals surface area contributed by atoms with E-state index in [2.05, 4.69) is 145 Å². The molecule has 0 spiro atoms. The quantitative estimate of drug-likeness (QED) is 0.0456. The monoisotopic (exact) mass is 797 g/mol. The van der Waals surface area contributed by atoms with Crippen LogP contribution in [0.15, 0.2) is 104 Å². The van der Waals surface area contributed by atoms with Gasteiger partial charge in [0, 0.05) is 10.8 Å². The number of unbranched alkanes of at least 4 members (excludes halogenated alkanes) is 9. The molecule has 0 aliphatic heterocycles. The Hall–Kier alpha value is -4.16. The minimum atomic E-state index is -0.162. The summed E-state index contributed by atoms with van der Waals surface area (Å²) in [5.41, 5.74) is 22.6. The lowest BCUT2D eigenvalue weighted by Crippen LogP contribution is -2.28. The molecule has 7 rings (SSSR count). The predicted molar refractivity (Wildman–Crippen MR) is 262 cm³/mol. The lowest BCUT2D eigenvalue weighted by molar-refractivity contribution is 0.403. The molecule has 0 unspecified atom stereocenters. The van der Waals surface area contributed by atoms with Crippen LogP contribution < -0.4 is 0 Å². The molecule has 5 aromatic rings. The molecule has 0 saturated heterocycles. The summed E-state index contributed by atoms with van der Waals surface area (Å²) in [4.78, 5) is 0. The third kappa shape index (κ3) is 8.65. The Morgan fingerprint density at radius 1 is 0.467 bits per heavy atom. The number of hydrogen-bond acceptors (Lipinski definition) is 0. The molecule has 0 bridgehead atoms. The number of hydrogen-bond donors (Lipinski definition) is 0. The zero-order valence-electron chi connectivity index (χ0n) is 38.6. The highest BCUT2D eigenvalue weighted by Gasteiger charge is 2.46. The van der Waals surface area contributed by atoms with Crippen LogP contribution >= 0.6 is 0 Å². The molecular weight excluding hydrogens is 721 g/mol. The Balaban J connectivity index is 1.30. The molecule has 0 nitrogen and oxygen atoms in total. The summed E-state index contributed by atoms with van der Waals surface area (Å²) in [5.74, 6) is 0. The van der Waals surface area contributed by atoms with Crippen molar-refractivity contribution in [3.05, 3.63) is 165 Å². The number of rotatable bonds is 23. The summed E-state index contributed by atoms with van der Waals surface area (Å²) in [7, 11) is 0. The van der Waals surface area contributed by atoms with E-state index in [4.69, 9.17) is 0 Å². The Labute approximate surface area is 366 Å². The van der Waals surface area contributed by atoms with Crippen molar-refractivity contribution < 1.29 is 0 Å². The molecule has 316 valence electrons. The Kier molecular flexibility index (Phi) is 14.7. The second-order valence-corrected chi connectivity index (χ2v) is 18.8. The topological polar surface area (TPSA) is 0 Å². The maximum absolute atomic E-state index is 4.11. The van der Waals surface area contributed by atoms with E-state index < -0.39 is 0 Å². The van der Waals surface area contributed by atoms with Gasteiger partial charge in [-0.3, -0.25) is 0 Å². The summed E-state index contributed by atoms with van der Waals surface area (Å²) in [6, 6.07) is 37.1. The molecule has 60 heavy (non-hydrogen) atoms. The van der Waals surface area contributed by atoms with Gasteiger partial charge in [0.15, 0.2) is 0 Å². The van der Waals surface area contributed by atoms with Gasteiger partial charge in [0.05, 0.1) is 0 Å². The second kappa shape index (κ2) is 20.1. The molecule has 0 amide bonds. The third-order valence-electron chi connectivity index (χ3n) is 14.9. The van der Waals surface area contributed by atoms with Crippen molar-refractivity contribution in [2.24, 2.45) is 0 Å². The van der Waals surface area contributed by atoms with Crippen LogP contribution in [-0.4, -0.2) is 0 Å². The fourth-order valence-electron chi connectivity index (χ4n) is 11.7. The molecule has 2 aliphatic carbocycles. The van der Waals surface area contributed by atoms with Crippen LogP contribution in [0.5, 0.6) is 0 Å². The average molecular weight is 797 g/mol. The van der Waals surface area contributed by atoms with Gasteiger partial charge in [-0.25, -0.2) is 0 Å². The van der Waals surface area contributed by atoms with Crippen molar-refractivity contribution in [1.29, 1.82) is 0 Å². The largest absolute Gasteiger partial charge is 0.103 e. The zero-order chi connectivity index (χ0) is 42.1. The summed E-state index contributed by atoms with van der Waals surface area (Å²) in [6.45, 7) is 18.2. The van der Waals surface area contributed by atoms with E-state index in [1.807, 2.05) is 0 Å². The van der Waals surface area contributed by atoms with Gasteiger partial charge in [-0.2, -0.15) is 0 Å². The first-order valence-corrected chi connectivity index (χ1v) is 24.6. The van der Waals surface area contributed by atoms with Crippen LogP contribution in [0.4, 0.5) is 0 Å². The van der Waals surface area contributed by atoms with Crippen molar-refractivity contribution in [2.45, 2.75) is 181 Å². The van der Waals surface area contributed by atoms with E-state index >= 15 is 0 Å². The van der Waals surface area contributed by atoms with Crippen LogP contribution in [0, 0.1) is 13.8 Å². The van der Waals surface area contributed by atoms with Crippen molar-refractivity contribution in [1.82, 2.24) is 0 Å². The SMILES string of the molecule is C=CCCCC1(CCCCCC2(c3cc(CCCCCC)cc(CCCCCC)c3)c3cc(C)c(CC)cc3-c3cc(CC)c(C)cc32)c2ccccc2-c2ccccc21. The van der Waals surface area contributed by atoms with Crippen LogP contribution in [0.2, 0.25) is 0 Å². The van der Waals surface area contributed by atoms with E-state index in [1.165, 1.54) is 147 Å². The maximum Gasteiger partial charge on any atom is 0.0464 e. The van der Waals surface area contributed by atoms with Gasteiger partial charge in [-0.05, 0) is 168 Å². The standard InChI is InChI=1S/C60H76/c1-8-13-16-19-28-46-39-47(29-20-17-14-9-2)41-50(40-46)60(57-37-44(6)48(11-4)42-53(57)54-43-49(12-5)45(7)38-58(54)60)36-27-18-26-35-59(34-25-15-10-3)55-32-23-21-30-51(55)52-31-22-24-33-56(52)59/h10,21-24,30-33,37-43H,3,8-9,11-20,25-29,34-36H2,1-2,4-7H3. The average Bonchev–Trinajstić information content (AvgIpc) is 3.69. The van der Waals surface area contributed by atoms with Crippen LogP contribution in [0.25, 0.3) is 22.3 Å². The molecule has 5 aromatic carbocycles. The third-order valence-corrected chi connectivity index (χ3v) is 14.9. The van der Waals surface area contributed by atoms with Gasteiger partial charge < -0.3 is 0 Å². The first-order chi connectivity index (χ1) is 29.3. The highest BCUT2D eigenvalue weighted by molar-refractivity contribution is 5.85. The van der Waals surface area contributed by atoms with Gasteiger partial charge >= 0.3 is 0 Å². The van der Waals surface area contributed by atoms with Crippen LogP contribution in [0.1, 0.15) is 192 Å². The maximum atomic E-state index is 4.11. The summed E-state index contributed by atoms with van der Waals surface area (Å²) in [5, 5.41) is 0. The van der Waals surface area contributed by atoms with E-state index in [0.29, 0.717) is 0 Å². The Bertz CT molecular complexity index is 2090. The summed E-state index contributed by atoms with van der Waals surface area (Å²) in [6.07, 6.45) is 26.5. The van der Waals surface area contributed by atoms with E-state index in [9.17, 15) is 0 Å². The lowest BCUT2D eigenvalue weighted by atomic mass is 9.67. The number of fused-ring (bicyclic) bond motifs is 6. The van der Waals surface area contributed by atoms with Gasteiger partial charge in [-0.15, -0.1) is 6.58 Å². The predicted octanol–water partition coefficient (Wildman–Crippen LogP) is 17.3. The molecule has 0 saturated carbocycles. The van der Waals surface area contributed by atoms with Crippen molar-refractivity contribution in [3.8, 4) is 22.3 Å². The van der Waals surface area contributed by atoms with Crippen LogP contribution in [-0.2, 0) is 36.5 Å². The highest BCUT2D eigenvalue weighted by Crippen LogP contribution is 2.58. The summed E-state index contributed by atoms with van der Waals surface area (Å²) < 4.78 is 0. The zero-order valence-corrected chi connectivity index (χ0v) is 38.6. The van der Waals surface area contributed by atoms with Gasteiger partial charge in [0.2, 0.25) is 0 Å². The van der Waals surface area contributed by atoms with E-state index in [-0.39, 0.29) is 10.8 Å². The van der Waals surface area contributed by atoms with E-state index in [1.54, 1.807) is 38.9 Å². The van der Waals surface area contributed by atoms with E-state index in [0.717, 1.165) is 25.7 Å². The van der Waals surface area contributed by atoms with Crippen LogP contribution in [0.3, 0.4) is 0 Å². The minimum Gasteiger partial charge on any atom is -0.103 e. The molecule has 2 aliphatic rings. The van der Waals surface area contributed by atoms with Gasteiger partial charge in [0.1, 0.15) is 0 Å². The van der Waals surface area contributed by atoms with Gasteiger partial charge in [-0.1, -0.05) is 183 Å². The van der Waals surface area contributed by atoms with Crippen molar-refractivity contribution in [2.75, 3.05) is 0 Å². The second-order valence-electron chi connectivity index (χ2n) is 18.8. The van der Waals surface area contributed by atoms with Crippen molar-refractivity contribution in [3.63, 3.8) is 0 Å². The molecule has 0 atom stereocenters. The normalized spacial score (nSPS) is 14.2. The molecule has 0 heterocycles. The fourth-order valence-corrected chi connectivity index (χ4v) is 11.7. The molecular formula is C60H76. The first kappa shape index (κ1) is 43.9. The first-order valence-electron chi connectivity index (χ1n) is 24.6. The minimum absolute atomic E-state index is 0.0700. The number of aryl methyl sites for hydroxylation is 6. The fraction of sp³-hybridized carbons (Fsp3) is 0.467. The van der Waals surface area contributed by atoms with Crippen molar-refractivity contribution >= 4 is 0 Å². The lowest BCUT2D eigenvalue weighted by Gasteiger charge is -2.35. The molecule has 0 heteroatoms. The smallest absolute Gasteiger partial charge is 0.0464 e. The molecule has 0 N–H and O–H groups in total. The molecule has 0 aromatic heterocycles. The van der Waals surface area contributed by atoms with Gasteiger partial charge in [0.25, 0.3) is 0 Å². The Morgan fingerprint density at radius 3 is 1.45 bits per heavy atom. The molecule has 0 radical (unpaired) electrons. The Morgan fingerprint density at radius 2 is 0.950 bits per heavy atom. The molecule has 0 fully saturated rings. The highest BCUT2D eigenvalue weighted by atomic mass is 14.5. The summed E-state index contributed by atoms with van der Waals surface area (Å²) >= 11 is 0. The number of allylic oxidation sites excluding steroid dienone is 1. The number of benzene rings is 5.